The molecule has 116 valence electrons. The number of rotatable bonds is 5. The quantitative estimate of drug-likeness (QED) is 0.849. The van der Waals surface area contributed by atoms with Crippen LogP contribution in [0.25, 0.3) is 0 Å². The average molecular weight is 292 g/mol. The molecule has 6 heteroatoms. The van der Waals surface area contributed by atoms with E-state index >= 15 is 0 Å². The highest BCUT2D eigenvalue weighted by Crippen LogP contribution is 2.25. The van der Waals surface area contributed by atoms with E-state index < -0.39 is 0 Å². The Bertz CT molecular complexity index is 476. The predicted molar refractivity (Wildman–Crippen MR) is 79.3 cm³/mol. The Hall–Kier alpha value is -1.40. The summed E-state index contributed by atoms with van der Waals surface area (Å²) in [6, 6.07) is 0. The molecule has 2 N–H and O–H groups in total. The Labute approximate surface area is 125 Å². The van der Waals surface area contributed by atoms with Crippen molar-refractivity contribution in [2.75, 3.05) is 39.4 Å². The molecule has 0 spiro atoms. The van der Waals surface area contributed by atoms with Gasteiger partial charge >= 0.3 is 0 Å². The zero-order valence-electron chi connectivity index (χ0n) is 12.6. The summed E-state index contributed by atoms with van der Waals surface area (Å²) in [6.07, 6.45) is 3.80. The molecular weight excluding hydrogens is 268 g/mol. The lowest BCUT2D eigenvalue weighted by Crippen LogP contribution is -2.36. The molecule has 1 aromatic heterocycles. The van der Waals surface area contributed by atoms with Crippen LogP contribution in [0.4, 0.5) is 0 Å². The number of carbonyl (C=O) groups excluding carboxylic acids is 1. The maximum atomic E-state index is 12.8. The largest absolute Gasteiger partial charge is 0.381 e. The molecule has 1 amide bonds. The van der Waals surface area contributed by atoms with Gasteiger partial charge in [-0.05, 0) is 26.3 Å². The SMILES string of the molecule is CCN(CC1CCOC1)C(=O)c1cn[nH]c1C1CCNC1. The van der Waals surface area contributed by atoms with Gasteiger partial charge in [0.25, 0.3) is 5.91 Å². The van der Waals surface area contributed by atoms with E-state index in [1.165, 1.54) is 0 Å². The molecule has 0 aliphatic carbocycles. The predicted octanol–water partition coefficient (Wildman–Crippen LogP) is 0.985. The molecule has 2 unspecified atom stereocenters. The van der Waals surface area contributed by atoms with Crippen molar-refractivity contribution in [3.05, 3.63) is 17.5 Å². The molecular formula is C15H24N4O2. The number of carbonyl (C=O) groups is 1. The molecule has 3 heterocycles. The molecule has 1 aromatic rings. The van der Waals surface area contributed by atoms with Crippen LogP contribution in [0.2, 0.25) is 0 Å². The molecule has 0 radical (unpaired) electrons. The number of amides is 1. The summed E-state index contributed by atoms with van der Waals surface area (Å²) in [5.41, 5.74) is 1.73. The molecule has 0 bridgehead atoms. The second-order valence-corrected chi connectivity index (χ2v) is 5.96. The zero-order valence-corrected chi connectivity index (χ0v) is 12.6. The van der Waals surface area contributed by atoms with Crippen molar-refractivity contribution in [2.24, 2.45) is 5.92 Å². The van der Waals surface area contributed by atoms with Gasteiger partial charge in [0.15, 0.2) is 0 Å². The highest BCUT2D eigenvalue weighted by atomic mass is 16.5. The van der Waals surface area contributed by atoms with Crippen LogP contribution in [-0.2, 0) is 4.74 Å². The third-order valence-electron chi connectivity index (χ3n) is 4.54. The van der Waals surface area contributed by atoms with Crippen molar-refractivity contribution in [3.63, 3.8) is 0 Å². The smallest absolute Gasteiger partial charge is 0.257 e. The first-order valence-electron chi connectivity index (χ1n) is 7.90. The fourth-order valence-corrected chi connectivity index (χ4v) is 3.24. The van der Waals surface area contributed by atoms with Gasteiger partial charge < -0.3 is 15.0 Å². The van der Waals surface area contributed by atoms with Crippen LogP contribution >= 0.6 is 0 Å². The van der Waals surface area contributed by atoms with E-state index in [1.807, 2.05) is 11.8 Å². The highest BCUT2D eigenvalue weighted by Gasteiger charge is 2.28. The second-order valence-electron chi connectivity index (χ2n) is 5.96. The number of nitrogens with zero attached hydrogens (tertiary/aromatic N) is 2. The number of hydrogen-bond acceptors (Lipinski definition) is 4. The van der Waals surface area contributed by atoms with Gasteiger partial charge in [-0.3, -0.25) is 9.89 Å². The average Bonchev–Trinajstić information content (AvgIpc) is 3.25. The van der Waals surface area contributed by atoms with Crippen LogP contribution in [0.1, 0.15) is 41.7 Å². The molecule has 6 nitrogen and oxygen atoms in total. The summed E-state index contributed by atoms with van der Waals surface area (Å²) in [4.78, 5) is 14.7. The van der Waals surface area contributed by atoms with Gasteiger partial charge in [-0.15, -0.1) is 0 Å². The van der Waals surface area contributed by atoms with Gasteiger partial charge in [-0.2, -0.15) is 5.10 Å². The summed E-state index contributed by atoms with van der Waals surface area (Å²) in [5.74, 6) is 0.942. The van der Waals surface area contributed by atoms with Crippen LogP contribution < -0.4 is 5.32 Å². The van der Waals surface area contributed by atoms with Crippen LogP contribution in [0.5, 0.6) is 0 Å². The maximum Gasteiger partial charge on any atom is 0.257 e. The first-order valence-corrected chi connectivity index (χ1v) is 7.90. The standard InChI is InChI=1S/C15H24N4O2/c1-2-19(9-11-4-6-21-10-11)15(20)13-8-17-18-14(13)12-3-5-16-7-12/h8,11-12,16H,2-7,9-10H2,1H3,(H,17,18). The number of hydrogen-bond donors (Lipinski definition) is 2. The van der Waals surface area contributed by atoms with Gasteiger partial charge in [-0.25, -0.2) is 0 Å². The van der Waals surface area contributed by atoms with Gasteiger partial charge in [0, 0.05) is 38.1 Å². The van der Waals surface area contributed by atoms with Crippen molar-refractivity contribution in [1.29, 1.82) is 0 Å². The summed E-state index contributed by atoms with van der Waals surface area (Å²) in [7, 11) is 0. The second kappa shape index (κ2) is 6.58. The minimum absolute atomic E-state index is 0.0973. The number of aromatic amines is 1. The molecule has 21 heavy (non-hydrogen) atoms. The lowest BCUT2D eigenvalue weighted by molar-refractivity contribution is 0.0729. The first kappa shape index (κ1) is 14.5. The Morgan fingerprint density at radius 1 is 1.52 bits per heavy atom. The van der Waals surface area contributed by atoms with E-state index in [0.717, 1.165) is 63.5 Å². The number of nitrogens with one attached hydrogen (secondary N) is 2. The molecule has 2 saturated heterocycles. The maximum absolute atomic E-state index is 12.8. The Balaban J connectivity index is 1.72. The van der Waals surface area contributed by atoms with Crippen LogP contribution in [-0.4, -0.2) is 60.4 Å². The van der Waals surface area contributed by atoms with Gasteiger partial charge in [0.05, 0.1) is 24.1 Å². The number of ether oxygens (including phenoxy) is 1. The van der Waals surface area contributed by atoms with Crippen molar-refractivity contribution < 1.29 is 9.53 Å². The fourth-order valence-electron chi connectivity index (χ4n) is 3.24. The Kier molecular flexibility index (Phi) is 4.55. The number of H-pyrrole nitrogens is 1. The molecule has 0 saturated carbocycles. The van der Waals surface area contributed by atoms with Crippen molar-refractivity contribution >= 4 is 5.91 Å². The fraction of sp³-hybridized carbons (Fsp3) is 0.733. The Morgan fingerprint density at radius 3 is 3.10 bits per heavy atom. The van der Waals surface area contributed by atoms with Gasteiger partial charge in [0.2, 0.25) is 0 Å². The first-order chi connectivity index (χ1) is 10.3. The molecule has 0 aromatic carbocycles. The topological polar surface area (TPSA) is 70.2 Å². The molecule has 2 atom stereocenters. The van der Waals surface area contributed by atoms with Crippen LogP contribution in [0, 0.1) is 5.92 Å². The summed E-state index contributed by atoms with van der Waals surface area (Å²) in [5, 5.41) is 10.5. The lowest BCUT2D eigenvalue weighted by Gasteiger charge is -2.24. The minimum Gasteiger partial charge on any atom is -0.381 e. The highest BCUT2D eigenvalue weighted by molar-refractivity contribution is 5.95. The van der Waals surface area contributed by atoms with Crippen molar-refractivity contribution in [2.45, 2.75) is 25.7 Å². The van der Waals surface area contributed by atoms with E-state index in [2.05, 4.69) is 15.5 Å². The minimum atomic E-state index is 0.0973. The number of aromatic nitrogens is 2. The molecule has 2 fully saturated rings. The zero-order chi connectivity index (χ0) is 14.7. The van der Waals surface area contributed by atoms with E-state index in [1.54, 1.807) is 6.20 Å². The summed E-state index contributed by atoms with van der Waals surface area (Å²) < 4.78 is 5.41. The van der Waals surface area contributed by atoms with Crippen LogP contribution in [0.3, 0.4) is 0 Å². The van der Waals surface area contributed by atoms with Crippen LogP contribution in [0.15, 0.2) is 6.20 Å². The third-order valence-corrected chi connectivity index (χ3v) is 4.54. The monoisotopic (exact) mass is 292 g/mol. The lowest BCUT2D eigenvalue weighted by atomic mass is 10.00. The summed E-state index contributed by atoms with van der Waals surface area (Å²) >= 11 is 0. The van der Waals surface area contributed by atoms with Gasteiger partial charge in [0.1, 0.15) is 0 Å². The Morgan fingerprint density at radius 2 is 2.43 bits per heavy atom. The van der Waals surface area contributed by atoms with Gasteiger partial charge in [-0.1, -0.05) is 0 Å². The third kappa shape index (κ3) is 3.11. The van der Waals surface area contributed by atoms with E-state index in [0.29, 0.717) is 11.8 Å². The van der Waals surface area contributed by atoms with Crippen molar-refractivity contribution in [3.8, 4) is 0 Å². The van der Waals surface area contributed by atoms with E-state index in [-0.39, 0.29) is 5.91 Å². The van der Waals surface area contributed by atoms with E-state index in [4.69, 9.17) is 4.74 Å². The van der Waals surface area contributed by atoms with Crippen molar-refractivity contribution in [1.82, 2.24) is 20.4 Å². The molecule has 2 aliphatic rings. The molecule has 2 aliphatic heterocycles. The summed E-state index contributed by atoms with van der Waals surface area (Å²) in [6.45, 7) is 7.06. The normalized spacial score (nSPS) is 25.4. The molecule has 3 rings (SSSR count). The van der Waals surface area contributed by atoms with E-state index in [9.17, 15) is 4.79 Å².